The van der Waals surface area contributed by atoms with E-state index in [9.17, 15) is 0 Å². The Kier molecular flexibility index (Phi) is 8.95. The van der Waals surface area contributed by atoms with Gasteiger partial charge in [-0.2, -0.15) is 0 Å². The normalized spacial score (nSPS) is 16.4. The Morgan fingerprint density at radius 3 is 1.84 bits per heavy atom. The second-order valence-electron chi connectivity index (χ2n) is 16.9. The SMILES string of the molecule is C=CC1=C(/C=C\C)Sc2ccccc2N1c1ccc2c(c1)CCC(/C=C/c1ccc3c(c1)C1(Cc4ccccc4C1)c1cc(N4c5ccccc5Sc5ccccc54)ccc1-3)=C2. The Balaban J connectivity index is 0.885. The lowest BCUT2D eigenvalue weighted by atomic mass is 9.75. The van der Waals surface area contributed by atoms with Gasteiger partial charge < -0.3 is 9.80 Å². The van der Waals surface area contributed by atoms with Crippen LogP contribution >= 0.6 is 23.5 Å². The molecule has 0 unspecified atom stereocenters. The molecule has 0 amide bonds. The van der Waals surface area contributed by atoms with Crippen molar-refractivity contribution in [2.75, 3.05) is 9.80 Å². The molecule has 0 saturated heterocycles. The third kappa shape index (κ3) is 5.95. The van der Waals surface area contributed by atoms with Crippen LogP contribution in [0.2, 0.25) is 0 Å². The van der Waals surface area contributed by atoms with Gasteiger partial charge in [-0.3, -0.25) is 0 Å². The summed E-state index contributed by atoms with van der Waals surface area (Å²) in [5.74, 6) is 0. The number of para-hydroxylation sites is 3. The molecule has 0 radical (unpaired) electrons. The van der Waals surface area contributed by atoms with E-state index >= 15 is 0 Å². The fraction of sp³-hybridized carbons (Fsp3) is 0.103. The standard InChI is InChI=1S/C58H44N2S2/c1-3-13-54-50(4-2)59(51-16-7-10-19-55(51)61-54)44-28-27-40-32-38(24-26-41(40)34-44)22-23-39-25-30-46-47-31-29-45(60-52-17-8-11-20-56(52)62-57-21-12-9-18-53(57)60)35-49(47)58(48(46)33-39)36-42-14-5-6-15-43(42)37-58/h3-23,25,27-35H,2,24,26,36-37H2,1H3/b13-3-,23-22+. The monoisotopic (exact) mass is 832 g/mol. The molecule has 0 saturated carbocycles. The Morgan fingerprint density at radius 1 is 0.548 bits per heavy atom. The summed E-state index contributed by atoms with van der Waals surface area (Å²) in [6, 6.07) is 56.9. The molecule has 62 heavy (non-hydrogen) atoms. The summed E-state index contributed by atoms with van der Waals surface area (Å²) >= 11 is 3.68. The molecule has 0 fully saturated rings. The van der Waals surface area contributed by atoms with Crippen LogP contribution in [0.15, 0.2) is 213 Å². The highest BCUT2D eigenvalue weighted by atomic mass is 32.2. The van der Waals surface area contributed by atoms with Crippen molar-refractivity contribution < 1.29 is 0 Å². The lowest BCUT2D eigenvalue weighted by Gasteiger charge is -2.34. The second-order valence-corrected chi connectivity index (χ2v) is 19.1. The Hall–Kier alpha value is -6.46. The van der Waals surface area contributed by atoms with E-state index in [1.54, 1.807) is 0 Å². The zero-order valence-corrected chi connectivity index (χ0v) is 36.3. The lowest BCUT2D eigenvalue weighted by Crippen LogP contribution is -2.26. The summed E-state index contributed by atoms with van der Waals surface area (Å²) in [4.78, 5) is 9.90. The fourth-order valence-electron chi connectivity index (χ4n) is 10.6. The van der Waals surface area contributed by atoms with E-state index in [2.05, 4.69) is 205 Å². The van der Waals surface area contributed by atoms with Gasteiger partial charge >= 0.3 is 0 Å². The van der Waals surface area contributed by atoms with Crippen molar-refractivity contribution in [3.63, 3.8) is 0 Å². The van der Waals surface area contributed by atoms with Crippen LogP contribution in [-0.2, 0) is 24.7 Å². The minimum Gasteiger partial charge on any atom is -0.308 e. The number of hydrogen-bond donors (Lipinski definition) is 0. The minimum atomic E-state index is -0.125. The molecule has 0 atom stereocenters. The number of benzene rings is 7. The first-order chi connectivity index (χ1) is 30.6. The van der Waals surface area contributed by atoms with Gasteiger partial charge in [0.2, 0.25) is 0 Å². The third-order valence-corrected chi connectivity index (χ3v) is 15.7. The first kappa shape index (κ1) is 37.3. The van der Waals surface area contributed by atoms with Crippen molar-refractivity contribution in [2.24, 2.45) is 0 Å². The van der Waals surface area contributed by atoms with Gasteiger partial charge in [0.15, 0.2) is 0 Å². The van der Waals surface area contributed by atoms with Gasteiger partial charge in [0.05, 0.1) is 22.8 Å². The Morgan fingerprint density at radius 2 is 1.15 bits per heavy atom. The topological polar surface area (TPSA) is 6.48 Å². The number of thioether (sulfide) groups is 1. The van der Waals surface area contributed by atoms with Crippen molar-refractivity contribution in [3.05, 3.63) is 238 Å². The van der Waals surface area contributed by atoms with E-state index in [4.69, 9.17) is 0 Å². The molecule has 7 aromatic carbocycles. The third-order valence-electron chi connectivity index (χ3n) is 13.4. The summed E-state index contributed by atoms with van der Waals surface area (Å²) in [6.07, 6.45) is 17.4. The molecule has 2 nitrogen and oxygen atoms in total. The number of hydrogen-bond acceptors (Lipinski definition) is 4. The van der Waals surface area contributed by atoms with Gasteiger partial charge in [0.1, 0.15) is 0 Å². The van der Waals surface area contributed by atoms with Crippen molar-refractivity contribution in [2.45, 2.75) is 52.7 Å². The molecule has 0 N–H and O–H groups in total. The maximum Gasteiger partial charge on any atom is 0.0601 e. The van der Waals surface area contributed by atoms with Crippen molar-refractivity contribution in [1.29, 1.82) is 0 Å². The first-order valence-corrected chi connectivity index (χ1v) is 23.3. The Labute approximate surface area is 373 Å². The summed E-state index contributed by atoms with van der Waals surface area (Å²) in [7, 11) is 0. The van der Waals surface area contributed by atoms with Crippen LogP contribution in [0.3, 0.4) is 0 Å². The van der Waals surface area contributed by atoms with Crippen LogP contribution in [0.25, 0.3) is 23.3 Å². The molecule has 0 aromatic heterocycles. The molecular formula is C58H44N2S2. The predicted octanol–water partition coefficient (Wildman–Crippen LogP) is 15.9. The molecule has 298 valence electrons. The number of aryl methyl sites for hydroxylation is 1. The van der Waals surface area contributed by atoms with Gasteiger partial charge in [0.25, 0.3) is 0 Å². The zero-order valence-electron chi connectivity index (χ0n) is 34.6. The minimum absolute atomic E-state index is 0.125. The van der Waals surface area contributed by atoms with E-state index in [1.165, 1.54) is 104 Å². The number of anilines is 5. The summed E-state index contributed by atoms with van der Waals surface area (Å²) < 4.78 is 0. The smallest absolute Gasteiger partial charge is 0.0601 e. The summed E-state index contributed by atoms with van der Waals surface area (Å²) in [5, 5.41) is 0. The fourth-order valence-corrected chi connectivity index (χ4v) is 12.8. The van der Waals surface area contributed by atoms with Crippen LogP contribution < -0.4 is 9.80 Å². The molecule has 2 heterocycles. The van der Waals surface area contributed by atoms with Crippen LogP contribution in [0.5, 0.6) is 0 Å². The average Bonchev–Trinajstić information content (AvgIpc) is 3.84. The average molecular weight is 833 g/mol. The van der Waals surface area contributed by atoms with Gasteiger partial charge in [0, 0.05) is 36.4 Å². The van der Waals surface area contributed by atoms with Crippen molar-refractivity contribution >= 4 is 64.1 Å². The lowest BCUT2D eigenvalue weighted by molar-refractivity contribution is 0.563. The van der Waals surface area contributed by atoms with Crippen LogP contribution in [-0.4, -0.2) is 0 Å². The molecule has 4 heteroatoms. The van der Waals surface area contributed by atoms with Gasteiger partial charge in [-0.05, 0) is 155 Å². The van der Waals surface area contributed by atoms with Gasteiger partial charge in [-0.25, -0.2) is 0 Å². The molecule has 5 aliphatic rings. The summed E-state index contributed by atoms with van der Waals surface area (Å²) in [6.45, 7) is 6.31. The van der Waals surface area contributed by atoms with E-state index in [0.717, 1.165) is 31.4 Å². The predicted molar refractivity (Wildman–Crippen MR) is 264 cm³/mol. The number of rotatable bonds is 6. The molecule has 3 aliphatic carbocycles. The van der Waals surface area contributed by atoms with Crippen LogP contribution in [0, 0.1) is 0 Å². The van der Waals surface area contributed by atoms with E-state index in [1.807, 2.05) is 29.6 Å². The van der Waals surface area contributed by atoms with Crippen LogP contribution in [0.4, 0.5) is 28.4 Å². The molecule has 0 bridgehead atoms. The maximum atomic E-state index is 4.24. The molecule has 7 aromatic rings. The quantitative estimate of drug-likeness (QED) is 0.165. The highest BCUT2D eigenvalue weighted by Crippen LogP contribution is 2.58. The van der Waals surface area contributed by atoms with Crippen molar-refractivity contribution in [1.82, 2.24) is 0 Å². The highest BCUT2D eigenvalue weighted by molar-refractivity contribution is 8.03. The van der Waals surface area contributed by atoms with Crippen molar-refractivity contribution in [3.8, 4) is 11.1 Å². The van der Waals surface area contributed by atoms with E-state index in [0.29, 0.717) is 0 Å². The number of fused-ring (bicyclic) bond motifs is 10. The largest absolute Gasteiger partial charge is 0.308 e. The number of nitrogens with zero attached hydrogens (tertiary/aromatic N) is 2. The molecule has 1 spiro atoms. The summed E-state index contributed by atoms with van der Waals surface area (Å²) in [5.41, 5.74) is 21.0. The highest BCUT2D eigenvalue weighted by Gasteiger charge is 2.47. The van der Waals surface area contributed by atoms with Crippen LogP contribution in [0.1, 0.15) is 52.3 Å². The van der Waals surface area contributed by atoms with E-state index in [-0.39, 0.29) is 5.41 Å². The number of allylic oxidation sites excluding steroid dienone is 5. The maximum absolute atomic E-state index is 4.24. The zero-order chi connectivity index (χ0) is 41.4. The van der Waals surface area contributed by atoms with E-state index < -0.39 is 0 Å². The second kappa shape index (κ2) is 14.9. The molecular weight excluding hydrogens is 789 g/mol. The Bertz CT molecular complexity index is 3070. The first-order valence-electron chi connectivity index (χ1n) is 21.7. The molecule has 12 rings (SSSR count). The van der Waals surface area contributed by atoms with Gasteiger partial charge in [-0.15, -0.1) is 0 Å². The molecule has 2 aliphatic heterocycles. The van der Waals surface area contributed by atoms with Gasteiger partial charge in [-0.1, -0.05) is 151 Å².